The monoisotopic (exact) mass is 366 g/mol. The normalized spacial score (nSPS) is 15.2. The molecule has 0 atom stereocenters. The van der Waals surface area contributed by atoms with Crippen LogP contribution < -0.4 is 5.32 Å². The van der Waals surface area contributed by atoms with E-state index in [0.717, 1.165) is 5.57 Å². The maximum Gasteiger partial charge on any atom is 0.323 e. The van der Waals surface area contributed by atoms with E-state index in [1.54, 1.807) is 48.3 Å². The molecule has 1 aliphatic heterocycles. The number of pyridine rings is 1. The molecule has 0 radical (unpaired) electrons. The average Bonchev–Trinajstić information content (AvgIpc) is 2.93. The quantitative estimate of drug-likeness (QED) is 0.548. The Balaban J connectivity index is 2.10. The van der Waals surface area contributed by atoms with Crippen LogP contribution >= 0.6 is 0 Å². The predicted molar refractivity (Wildman–Crippen MR) is 102 cm³/mol. The van der Waals surface area contributed by atoms with Crippen molar-refractivity contribution >= 4 is 40.2 Å². The van der Waals surface area contributed by atoms with Gasteiger partial charge in [0.25, 0.3) is 0 Å². The lowest BCUT2D eigenvalue weighted by molar-refractivity contribution is -0.535. The van der Waals surface area contributed by atoms with Crippen molar-refractivity contribution in [2.24, 2.45) is 4.99 Å². The Labute approximate surface area is 155 Å². The van der Waals surface area contributed by atoms with Gasteiger partial charge in [0.1, 0.15) is 12.7 Å². The van der Waals surface area contributed by atoms with E-state index in [2.05, 4.69) is 9.98 Å². The number of carbonyl (C=O) groups is 2. The number of aryl methyl sites for hydroxylation is 1. The lowest BCUT2D eigenvalue weighted by atomic mass is 10.1. The average molecular weight is 366 g/mol. The van der Waals surface area contributed by atoms with Crippen LogP contribution in [0.15, 0.2) is 35.4 Å². The summed E-state index contributed by atoms with van der Waals surface area (Å²) in [6.45, 7) is 4.70. The summed E-state index contributed by atoms with van der Waals surface area (Å²) in [5, 5.41) is 19.1. The van der Waals surface area contributed by atoms with Gasteiger partial charge in [0.2, 0.25) is 5.82 Å². The Morgan fingerprint density at radius 3 is 2.67 bits per heavy atom. The van der Waals surface area contributed by atoms with E-state index in [0.29, 0.717) is 39.4 Å². The molecule has 0 unspecified atom stereocenters. The maximum atomic E-state index is 12.0. The summed E-state index contributed by atoms with van der Waals surface area (Å²) in [5.41, 5.74) is 3.60. The Kier molecular flexibility index (Phi) is 4.83. The van der Waals surface area contributed by atoms with Crippen LogP contribution in [0, 0.1) is 12.3 Å². The Morgan fingerprint density at radius 1 is 1.37 bits per heavy atom. The van der Waals surface area contributed by atoms with Gasteiger partial charge in [0.15, 0.2) is 5.78 Å². The van der Waals surface area contributed by atoms with E-state index in [1.807, 2.05) is 6.20 Å². The number of carboxylic acid groups (broad SMARTS) is 1. The molecule has 3 rings (SSSR count). The zero-order valence-electron chi connectivity index (χ0n) is 15.3. The second-order valence-corrected chi connectivity index (χ2v) is 6.41. The summed E-state index contributed by atoms with van der Waals surface area (Å²) >= 11 is 0. The first-order valence-corrected chi connectivity index (χ1v) is 8.36. The highest BCUT2D eigenvalue weighted by Gasteiger charge is 2.19. The topological polar surface area (TPSA) is 125 Å². The van der Waals surface area contributed by atoms with Gasteiger partial charge in [-0.05, 0) is 26.8 Å². The van der Waals surface area contributed by atoms with Gasteiger partial charge in [0.05, 0.1) is 22.5 Å². The van der Waals surface area contributed by atoms with Gasteiger partial charge in [0, 0.05) is 35.1 Å². The number of aromatic nitrogens is 2. The van der Waals surface area contributed by atoms with E-state index in [9.17, 15) is 9.59 Å². The first kappa shape index (κ1) is 18.4. The van der Waals surface area contributed by atoms with Crippen LogP contribution in [0.4, 0.5) is 0 Å². The molecule has 0 aliphatic carbocycles. The molecule has 0 aromatic carbocycles. The molecule has 0 spiro atoms. The number of fused-ring (bicyclic) bond motifs is 1. The number of nitrogens with one attached hydrogen (secondary N) is 1. The Bertz CT molecular complexity index is 1070. The number of carboxylic acids is 1. The van der Waals surface area contributed by atoms with Crippen molar-refractivity contribution in [3.63, 3.8) is 0 Å². The molecule has 1 aliphatic rings. The molecule has 2 aromatic heterocycles. The number of hydrogen-bond donors (Lipinski definition) is 3. The number of allylic oxidation sites excluding steroid dienone is 2. The van der Waals surface area contributed by atoms with Crippen LogP contribution in [-0.4, -0.2) is 38.3 Å². The smallest absolute Gasteiger partial charge is 0.323 e. The number of rotatable bonds is 5. The summed E-state index contributed by atoms with van der Waals surface area (Å²) in [6, 6.07) is 1.79. The Hall–Kier alpha value is -3.39. The Morgan fingerprint density at radius 2 is 2.11 bits per heavy atom. The predicted octanol–water partition coefficient (Wildman–Crippen LogP) is 1.50. The van der Waals surface area contributed by atoms with Gasteiger partial charge in [-0.3, -0.25) is 19.9 Å². The molecule has 0 saturated carbocycles. The molecule has 8 nitrogen and oxygen atoms in total. The van der Waals surface area contributed by atoms with Gasteiger partial charge >= 0.3 is 5.97 Å². The van der Waals surface area contributed by atoms with Crippen LogP contribution in [0.1, 0.15) is 35.6 Å². The van der Waals surface area contributed by atoms with Crippen molar-refractivity contribution in [2.75, 3.05) is 0 Å². The molecule has 0 fully saturated rings. The van der Waals surface area contributed by atoms with Crippen molar-refractivity contribution in [3.8, 4) is 0 Å². The third-order valence-electron chi connectivity index (χ3n) is 4.16. The zero-order valence-corrected chi connectivity index (χ0v) is 15.3. The third kappa shape index (κ3) is 3.75. The third-order valence-corrected chi connectivity index (χ3v) is 4.16. The molecular weight excluding hydrogens is 346 g/mol. The van der Waals surface area contributed by atoms with Crippen LogP contribution in [0.25, 0.3) is 16.5 Å². The van der Waals surface area contributed by atoms with Crippen LogP contribution in [0.2, 0.25) is 0 Å². The van der Waals surface area contributed by atoms with E-state index >= 15 is 0 Å². The summed E-state index contributed by atoms with van der Waals surface area (Å²) in [6.07, 6.45) is 6.76. The largest absolute Gasteiger partial charge is 0.480 e. The fourth-order valence-electron chi connectivity index (χ4n) is 3.09. The van der Waals surface area contributed by atoms with Crippen LogP contribution in [0.5, 0.6) is 0 Å². The fourth-order valence-corrected chi connectivity index (χ4v) is 3.09. The van der Waals surface area contributed by atoms with Crippen molar-refractivity contribution < 1.29 is 20.0 Å². The number of aliphatic imine (C=N–C) groups is 1. The molecule has 4 N–H and O–H groups in total. The van der Waals surface area contributed by atoms with Crippen molar-refractivity contribution in [2.45, 2.75) is 27.3 Å². The first-order chi connectivity index (χ1) is 12.8. The number of Topliss-reactive ketones (excluding diaryl/α,β-unsaturated/α-hetero) is 1. The molecule has 0 amide bonds. The highest BCUT2D eigenvalue weighted by molar-refractivity contribution is 6.12. The van der Waals surface area contributed by atoms with Gasteiger partial charge in [-0.25, -0.2) is 4.99 Å². The molecule has 2 aromatic rings. The van der Waals surface area contributed by atoms with Crippen molar-refractivity contribution in [3.05, 3.63) is 47.3 Å². The molecule has 3 heterocycles. The van der Waals surface area contributed by atoms with Gasteiger partial charge < -0.3 is 15.1 Å². The highest BCUT2D eigenvalue weighted by Crippen LogP contribution is 2.27. The minimum atomic E-state index is -0.983. The SMILES string of the molecule is CC(=N)/C=C1/N=CC(c2cc3c(C(C)=O)cn(CC(=O)O)c3c(C)n2)=C[NH2+]1. The minimum Gasteiger partial charge on any atom is -0.480 e. The van der Waals surface area contributed by atoms with E-state index in [4.69, 9.17) is 10.5 Å². The number of quaternary nitrogens is 1. The zero-order chi connectivity index (χ0) is 19.7. The number of nitrogens with two attached hydrogens (primary N) is 1. The second kappa shape index (κ2) is 7.08. The first-order valence-electron chi connectivity index (χ1n) is 8.36. The summed E-state index contributed by atoms with van der Waals surface area (Å²) in [7, 11) is 0. The fraction of sp³-hybridized carbons (Fsp3) is 0.211. The minimum absolute atomic E-state index is 0.134. The van der Waals surface area contributed by atoms with E-state index < -0.39 is 5.97 Å². The highest BCUT2D eigenvalue weighted by atomic mass is 16.4. The van der Waals surface area contributed by atoms with Crippen LogP contribution in [-0.2, 0) is 11.3 Å². The number of aliphatic carboxylic acids is 1. The number of hydrogen-bond acceptors (Lipinski definition) is 5. The summed E-state index contributed by atoms with van der Waals surface area (Å²) in [5.74, 6) is -0.436. The number of nitrogens with zero attached hydrogens (tertiary/aromatic N) is 3. The lowest BCUT2D eigenvalue weighted by Crippen LogP contribution is -2.76. The summed E-state index contributed by atoms with van der Waals surface area (Å²) in [4.78, 5) is 32.1. The molecular formula is C19H20N5O3+. The maximum absolute atomic E-state index is 12.0. The molecule has 0 bridgehead atoms. The van der Waals surface area contributed by atoms with Gasteiger partial charge in [-0.15, -0.1) is 0 Å². The molecule has 27 heavy (non-hydrogen) atoms. The van der Waals surface area contributed by atoms with Crippen molar-refractivity contribution in [1.82, 2.24) is 9.55 Å². The molecule has 8 heteroatoms. The van der Waals surface area contributed by atoms with Crippen LogP contribution in [0.3, 0.4) is 0 Å². The van der Waals surface area contributed by atoms with Crippen molar-refractivity contribution in [1.29, 1.82) is 5.41 Å². The van der Waals surface area contributed by atoms with Gasteiger partial charge in [-0.2, -0.15) is 0 Å². The molecule has 138 valence electrons. The standard InChI is InChI=1S/C19H19N5O3/c1-10(20)4-17-21-6-13(7-22-17)16-5-14-15(12(3)25)8-24(9-18(26)27)19(14)11(2)23-16/h4-8,20-21H,9H2,1-3H3,(H,26,27)/p+1/b17-4+,20-10?. The number of ketones is 1. The summed E-state index contributed by atoms with van der Waals surface area (Å²) < 4.78 is 1.55. The second-order valence-electron chi connectivity index (χ2n) is 6.41. The molecule has 0 saturated heterocycles. The van der Waals surface area contributed by atoms with E-state index in [1.165, 1.54) is 6.92 Å². The van der Waals surface area contributed by atoms with E-state index in [-0.39, 0.29) is 12.3 Å². The number of carbonyl (C=O) groups excluding carboxylic acids is 1. The van der Waals surface area contributed by atoms with Gasteiger partial charge in [-0.1, -0.05) is 0 Å². The lowest BCUT2D eigenvalue weighted by Gasteiger charge is -2.09.